The highest BCUT2D eigenvalue weighted by Gasteiger charge is 2.40. The molecule has 0 atom stereocenters. The van der Waals surface area contributed by atoms with Crippen LogP contribution in [-0.4, -0.2) is 22.9 Å². The third kappa shape index (κ3) is 3.11. The van der Waals surface area contributed by atoms with Crippen molar-refractivity contribution in [3.8, 4) is 0 Å². The minimum atomic E-state index is -0.494. The Balaban J connectivity index is 1.77. The maximum atomic E-state index is 12.8. The van der Waals surface area contributed by atoms with Crippen molar-refractivity contribution in [3.05, 3.63) is 63.5 Å². The van der Waals surface area contributed by atoms with Gasteiger partial charge in [-0.25, -0.2) is 9.89 Å². The first-order chi connectivity index (χ1) is 13.0. The Morgan fingerprint density at radius 2 is 1.81 bits per heavy atom. The lowest BCUT2D eigenvalue weighted by Gasteiger charge is -2.11. The normalized spacial score (nSPS) is 20.2. The number of carbonyl (C=O) groups excluding carboxylic acids is 3. The van der Waals surface area contributed by atoms with E-state index in [2.05, 4.69) is 26.2 Å². The Hall–Kier alpha value is -2.71. The number of hydrogen-bond acceptors (Lipinski definition) is 5. The number of fused-ring (bicyclic) bond motifs is 1. The second kappa shape index (κ2) is 6.79. The van der Waals surface area contributed by atoms with Crippen LogP contribution in [0, 0.1) is 0 Å². The predicted molar refractivity (Wildman–Crippen MR) is 108 cm³/mol. The van der Waals surface area contributed by atoms with E-state index < -0.39 is 17.7 Å². The van der Waals surface area contributed by atoms with Gasteiger partial charge in [-0.15, -0.1) is 0 Å². The summed E-state index contributed by atoms with van der Waals surface area (Å²) in [6.07, 6.45) is 0. The fourth-order valence-electron chi connectivity index (χ4n) is 2.92. The number of imide groups is 1. The van der Waals surface area contributed by atoms with E-state index in [4.69, 9.17) is 0 Å². The van der Waals surface area contributed by atoms with Gasteiger partial charge in [0.25, 0.3) is 11.8 Å². The zero-order chi connectivity index (χ0) is 19.1. The molecular formula is C19H12BrN3O3S. The lowest BCUT2D eigenvalue weighted by molar-refractivity contribution is -0.122. The summed E-state index contributed by atoms with van der Waals surface area (Å²) < 4.78 is 0.926. The molecule has 2 aromatic carbocycles. The first-order valence-corrected chi connectivity index (χ1v) is 9.59. The number of aliphatic imine (C=N–C) groups is 1. The summed E-state index contributed by atoms with van der Waals surface area (Å²) in [6.45, 7) is 1.32. The van der Waals surface area contributed by atoms with Gasteiger partial charge in [-0.2, -0.15) is 0 Å². The molecule has 1 fully saturated rings. The van der Waals surface area contributed by atoms with Crippen molar-refractivity contribution in [3.63, 3.8) is 0 Å². The first-order valence-electron chi connectivity index (χ1n) is 7.98. The number of para-hydroxylation sites is 1. The second-order valence-electron chi connectivity index (χ2n) is 5.83. The third-order valence-electron chi connectivity index (χ3n) is 4.06. The number of benzene rings is 2. The van der Waals surface area contributed by atoms with Crippen molar-refractivity contribution < 1.29 is 14.4 Å². The van der Waals surface area contributed by atoms with Gasteiger partial charge >= 0.3 is 0 Å². The average Bonchev–Trinajstić information content (AvgIpc) is 3.13. The number of amides is 3. The summed E-state index contributed by atoms with van der Waals surface area (Å²) in [6, 6.07) is 14.3. The van der Waals surface area contributed by atoms with Gasteiger partial charge in [0, 0.05) is 17.0 Å². The van der Waals surface area contributed by atoms with Crippen molar-refractivity contribution in [2.24, 2.45) is 4.99 Å². The fourth-order valence-corrected chi connectivity index (χ4v) is 4.11. The predicted octanol–water partition coefficient (Wildman–Crippen LogP) is 3.60. The highest BCUT2D eigenvalue weighted by molar-refractivity contribution is 9.10. The van der Waals surface area contributed by atoms with Gasteiger partial charge in [-0.3, -0.25) is 14.4 Å². The molecule has 6 nitrogen and oxygen atoms in total. The molecular weight excluding hydrogens is 430 g/mol. The molecule has 0 spiro atoms. The minimum Gasteiger partial charge on any atom is -0.300 e. The molecule has 0 unspecified atom stereocenters. The van der Waals surface area contributed by atoms with E-state index in [0.717, 1.165) is 21.1 Å². The number of carbonyl (C=O) groups is 3. The Labute approximate surface area is 167 Å². The number of nitrogens with zero attached hydrogens (tertiary/aromatic N) is 2. The molecule has 0 bridgehead atoms. The van der Waals surface area contributed by atoms with E-state index in [1.807, 2.05) is 24.3 Å². The molecule has 4 rings (SSSR count). The van der Waals surface area contributed by atoms with Crippen LogP contribution in [0.15, 0.2) is 62.9 Å². The number of nitrogens with one attached hydrogen (secondary N) is 1. The van der Waals surface area contributed by atoms with Crippen LogP contribution in [0.1, 0.15) is 12.5 Å². The van der Waals surface area contributed by atoms with Crippen LogP contribution in [0.3, 0.4) is 0 Å². The number of rotatable bonds is 1. The van der Waals surface area contributed by atoms with E-state index in [9.17, 15) is 14.4 Å². The summed E-state index contributed by atoms with van der Waals surface area (Å²) in [5, 5.41) is 3.07. The summed E-state index contributed by atoms with van der Waals surface area (Å²) in [5.74, 6) is -1.29. The molecule has 0 saturated carbocycles. The maximum absolute atomic E-state index is 12.8. The van der Waals surface area contributed by atoms with Gasteiger partial charge in [0.2, 0.25) is 5.91 Å². The smallest absolute Gasteiger partial charge is 0.267 e. The summed E-state index contributed by atoms with van der Waals surface area (Å²) in [5.41, 5.74) is 1.96. The van der Waals surface area contributed by atoms with Gasteiger partial charge in [0.1, 0.15) is 0 Å². The van der Waals surface area contributed by atoms with Crippen LogP contribution in [0.2, 0.25) is 0 Å². The van der Waals surface area contributed by atoms with Crippen LogP contribution in [0.4, 0.5) is 11.4 Å². The second-order valence-corrected chi connectivity index (χ2v) is 7.75. The average molecular weight is 442 g/mol. The largest absolute Gasteiger partial charge is 0.300 e. The lowest BCUT2D eigenvalue weighted by Crippen LogP contribution is -2.31. The Bertz CT molecular complexity index is 1060. The van der Waals surface area contributed by atoms with Crippen LogP contribution in [-0.2, 0) is 14.4 Å². The third-order valence-corrected chi connectivity index (χ3v) is 5.56. The number of hydrogen-bond donors (Lipinski definition) is 1. The molecule has 2 heterocycles. The molecule has 134 valence electrons. The minimum absolute atomic E-state index is 0.226. The number of thioether (sulfide) groups is 1. The van der Waals surface area contributed by atoms with E-state index in [0.29, 0.717) is 22.1 Å². The van der Waals surface area contributed by atoms with Crippen molar-refractivity contribution >= 4 is 67.5 Å². The van der Waals surface area contributed by atoms with Crippen LogP contribution < -0.4 is 10.2 Å². The molecule has 1 saturated heterocycles. The molecule has 2 aliphatic rings. The Kier molecular flexibility index (Phi) is 4.45. The van der Waals surface area contributed by atoms with Gasteiger partial charge in [-0.05, 0) is 42.1 Å². The molecule has 1 N–H and O–H groups in total. The van der Waals surface area contributed by atoms with Gasteiger partial charge in [0.05, 0.1) is 21.9 Å². The molecule has 0 aliphatic carbocycles. The monoisotopic (exact) mass is 441 g/mol. The molecule has 2 aromatic rings. The van der Waals surface area contributed by atoms with Crippen LogP contribution >= 0.6 is 27.7 Å². The zero-order valence-corrected chi connectivity index (χ0v) is 16.4. The van der Waals surface area contributed by atoms with Crippen molar-refractivity contribution in [1.82, 2.24) is 5.32 Å². The summed E-state index contributed by atoms with van der Waals surface area (Å²) in [7, 11) is 0. The number of anilines is 1. The Morgan fingerprint density at radius 1 is 1.11 bits per heavy atom. The highest BCUT2D eigenvalue weighted by atomic mass is 79.9. The van der Waals surface area contributed by atoms with Gasteiger partial charge in [-0.1, -0.05) is 34.1 Å². The molecule has 0 radical (unpaired) electrons. The van der Waals surface area contributed by atoms with E-state index in [-0.39, 0.29) is 10.5 Å². The van der Waals surface area contributed by atoms with Crippen LogP contribution in [0.25, 0.3) is 5.57 Å². The topological polar surface area (TPSA) is 78.8 Å². The molecule has 27 heavy (non-hydrogen) atoms. The van der Waals surface area contributed by atoms with Crippen molar-refractivity contribution in [2.75, 3.05) is 4.90 Å². The standard InChI is InChI=1S/C19H12BrN3O3S/c1-10(24)23-14-5-3-2-4-13(14)15(18(23)26)16-17(25)22-19(27-16)21-12-8-6-11(20)7-9-12/h2-9H,1H3,(H,21,22,25). The Morgan fingerprint density at radius 3 is 2.52 bits per heavy atom. The quantitative estimate of drug-likeness (QED) is 0.685. The zero-order valence-electron chi connectivity index (χ0n) is 14.0. The SMILES string of the molecule is CC(=O)N1C(=O)C(=C2SC(=Nc3ccc(Br)cc3)NC2=O)c2ccccc21. The van der Waals surface area contributed by atoms with Gasteiger partial charge < -0.3 is 5.32 Å². The maximum Gasteiger partial charge on any atom is 0.267 e. The van der Waals surface area contributed by atoms with Crippen molar-refractivity contribution in [2.45, 2.75) is 6.92 Å². The van der Waals surface area contributed by atoms with E-state index in [1.54, 1.807) is 24.3 Å². The highest BCUT2D eigenvalue weighted by Crippen LogP contribution is 2.42. The number of amidine groups is 1. The number of halogens is 1. The van der Waals surface area contributed by atoms with E-state index in [1.165, 1.54) is 6.92 Å². The fraction of sp³-hybridized carbons (Fsp3) is 0.0526. The molecule has 3 amide bonds. The molecule has 2 aliphatic heterocycles. The van der Waals surface area contributed by atoms with Crippen LogP contribution in [0.5, 0.6) is 0 Å². The lowest BCUT2D eigenvalue weighted by atomic mass is 10.1. The first kappa shape index (κ1) is 17.7. The summed E-state index contributed by atoms with van der Waals surface area (Å²) >= 11 is 4.46. The summed E-state index contributed by atoms with van der Waals surface area (Å²) in [4.78, 5) is 43.0. The van der Waals surface area contributed by atoms with Gasteiger partial charge in [0.15, 0.2) is 5.17 Å². The molecule has 0 aromatic heterocycles. The molecule has 8 heteroatoms. The van der Waals surface area contributed by atoms with E-state index >= 15 is 0 Å². The van der Waals surface area contributed by atoms with Crippen molar-refractivity contribution in [1.29, 1.82) is 0 Å².